The van der Waals surface area contributed by atoms with Crippen LogP contribution < -0.4 is 5.32 Å². The van der Waals surface area contributed by atoms with Crippen molar-refractivity contribution in [2.75, 3.05) is 13.1 Å². The molecule has 2 aliphatic heterocycles. The lowest BCUT2D eigenvalue weighted by Crippen LogP contribution is -2.39. The Labute approximate surface area is 165 Å². The topological polar surface area (TPSA) is 80.1 Å². The molecule has 1 saturated heterocycles. The highest BCUT2D eigenvalue weighted by molar-refractivity contribution is 5.97. The van der Waals surface area contributed by atoms with Crippen molar-refractivity contribution < 1.29 is 9.59 Å². The van der Waals surface area contributed by atoms with E-state index in [0.717, 1.165) is 63.0 Å². The lowest BCUT2D eigenvalue weighted by molar-refractivity contribution is 0.0678. The minimum atomic E-state index is -0.221. The fourth-order valence-electron chi connectivity index (χ4n) is 4.01. The summed E-state index contributed by atoms with van der Waals surface area (Å²) in [5.41, 5.74) is 2.23. The van der Waals surface area contributed by atoms with E-state index in [2.05, 4.69) is 22.2 Å². The predicted molar refractivity (Wildman–Crippen MR) is 105 cm³/mol. The zero-order chi connectivity index (χ0) is 19.5. The van der Waals surface area contributed by atoms with E-state index < -0.39 is 0 Å². The first kappa shape index (κ1) is 18.7. The molecule has 2 amide bonds. The molecule has 0 saturated carbocycles. The number of likely N-dealkylation sites (tertiary alicyclic amines) is 1. The molecule has 1 N–H and O–H groups in total. The Kier molecular flexibility index (Phi) is 5.41. The first-order valence-corrected chi connectivity index (χ1v) is 10.2. The monoisotopic (exact) mass is 381 g/mol. The molecule has 7 heteroatoms. The van der Waals surface area contributed by atoms with Gasteiger partial charge in [0.25, 0.3) is 11.8 Å². The van der Waals surface area contributed by atoms with E-state index >= 15 is 0 Å². The molecule has 2 aromatic rings. The minimum Gasteiger partial charge on any atom is -0.347 e. The second-order valence-electron chi connectivity index (χ2n) is 7.86. The second-order valence-corrected chi connectivity index (χ2v) is 7.86. The fraction of sp³-hybridized carbons (Fsp3) is 0.524. The summed E-state index contributed by atoms with van der Waals surface area (Å²) in [6, 6.07) is 3.76. The Morgan fingerprint density at radius 1 is 1.21 bits per heavy atom. The van der Waals surface area contributed by atoms with Gasteiger partial charge in [-0.2, -0.15) is 0 Å². The third-order valence-corrected chi connectivity index (χ3v) is 5.77. The van der Waals surface area contributed by atoms with Crippen LogP contribution in [-0.4, -0.2) is 44.3 Å². The smallest absolute Gasteiger partial charge is 0.289 e. The predicted octanol–water partition coefficient (Wildman–Crippen LogP) is 2.42. The van der Waals surface area contributed by atoms with E-state index in [9.17, 15) is 9.59 Å². The zero-order valence-corrected chi connectivity index (χ0v) is 16.4. The van der Waals surface area contributed by atoms with E-state index in [0.29, 0.717) is 24.0 Å². The minimum absolute atomic E-state index is 0.0404. The van der Waals surface area contributed by atoms with Crippen LogP contribution in [0.2, 0.25) is 0 Å². The fourth-order valence-corrected chi connectivity index (χ4v) is 4.01. The van der Waals surface area contributed by atoms with Crippen molar-refractivity contribution in [3.63, 3.8) is 0 Å². The van der Waals surface area contributed by atoms with Gasteiger partial charge < -0.3 is 14.8 Å². The van der Waals surface area contributed by atoms with Gasteiger partial charge in [-0.3, -0.25) is 14.6 Å². The summed E-state index contributed by atoms with van der Waals surface area (Å²) in [7, 11) is 0. The van der Waals surface area contributed by atoms with Crippen molar-refractivity contribution in [1.82, 2.24) is 24.8 Å². The molecule has 0 spiro atoms. The van der Waals surface area contributed by atoms with Crippen molar-refractivity contribution in [1.29, 1.82) is 0 Å². The molecule has 0 unspecified atom stereocenters. The molecule has 0 aromatic carbocycles. The molecule has 0 radical (unpaired) electrons. The van der Waals surface area contributed by atoms with E-state index in [4.69, 9.17) is 0 Å². The van der Waals surface area contributed by atoms with Crippen LogP contribution in [0.25, 0.3) is 0 Å². The molecule has 0 bridgehead atoms. The van der Waals surface area contributed by atoms with Gasteiger partial charge in [0.15, 0.2) is 5.82 Å². The number of nitrogens with one attached hydrogen (secondary N) is 1. The number of pyridine rings is 1. The molecular formula is C21H27N5O2. The second kappa shape index (κ2) is 8.12. The Morgan fingerprint density at radius 3 is 2.79 bits per heavy atom. The van der Waals surface area contributed by atoms with E-state index in [-0.39, 0.29) is 11.8 Å². The van der Waals surface area contributed by atoms with E-state index in [1.54, 1.807) is 12.4 Å². The lowest BCUT2D eigenvalue weighted by atomic mass is 9.99. The summed E-state index contributed by atoms with van der Waals surface area (Å²) in [4.78, 5) is 36.4. The highest BCUT2D eigenvalue weighted by atomic mass is 16.2. The third kappa shape index (κ3) is 3.79. The Hall–Kier alpha value is -2.70. The van der Waals surface area contributed by atoms with Gasteiger partial charge in [0.1, 0.15) is 5.69 Å². The average Bonchev–Trinajstić information content (AvgIpc) is 3.13. The van der Waals surface area contributed by atoms with Gasteiger partial charge >= 0.3 is 0 Å². The van der Waals surface area contributed by atoms with Crippen LogP contribution in [0.5, 0.6) is 0 Å². The van der Waals surface area contributed by atoms with Crippen LogP contribution in [0.1, 0.15) is 65.0 Å². The SMILES string of the molecule is CC1CCN(C(=O)c2nc(C(=O)NCc3cccnc3)c3n2CCCC3)CC1. The number of hydrogen-bond acceptors (Lipinski definition) is 4. The first-order chi connectivity index (χ1) is 13.6. The normalized spacial score (nSPS) is 17.2. The van der Waals surface area contributed by atoms with Gasteiger partial charge in [-0.05, 0) is 49.7 Å². The maximum atomic E-state index is 13.1. The van der Waals surface area contributed by atoms with Crippen LogP contribution in [0.15, 0.2) is 24.5 Å². The molecule has 1 fully saturated rings. The van der Waals surface area contributed by atoms with Gasteiger partial charge in [0, 0.05) is 38.6 Å². The van der Waals surface area contributed by atoms with Crippen LogP contribution in [0.4, 0.5) is 0 Å². The molecule has 2 aromatic heterocycles. The summed E-state index contributed by atoms with van der Waals surface area (Å²) in [5.74, 6) is 0.824. The molecule has 4 heterocycles. The van der Waals surface area contributed by atoms with Crippen molar-refractivity contribution in [3.8, 4) is 0 Å². The molecule has 4 rings (SSSR count). The Balaban J connectivity index is 1.54. The zero-order valence-electron chi connectivity index (χ0n) is 16.4. The molecule has 0 atom stereocenters. The number of piperidine rings is 1. The maximum absolute atomic E-state index is 13.1. The summed E-state index contributed by atoms with van der Waals surface area (Å²) in [6.07, 6.45) is 8.30. The maximum Gasteiger partial charge on any atom is 0.289 e. The van der Waals surface area contributed by atoms with Crippen LogP contribution in [-0.2, 0) is 19.5 Å². The standard InChI is InChI=1S/C21H27N5O2/c1-15-7-11-25(12-8-15)21(28)19-24-18(17-6-2-3-10-26(17)19)20(27)23-14-16-5-4-9-22-13-16/h4-5,9,13,15H,2-3,6-8,10-12,14H2,1H3,(H,23,27). The molecule has 148 valence electrons. The van der Waals surface area contributed by atoms with Gasteiger partial charge in [0.05, 0.1) is 5.69 Å². The van der Waals surface area contributed by atoms with Gasteiger partial charge in [-0.15, -0.1) is 0 Å². The number of carbonyl (C=O) groups excluding carboxylic acids is 2. The summed E-state index contributed by atoms with van der Waals surface area (Å²) in [5, 5.41) is 2.92. The number of hydrogen-bond donors (Lipinski definition) is 1. The van der Waals surface area contributed by atoms with Gasteiger partial charge in [-0.25, -0.2) is 4.98 Å². The highest BCUT2D eigenvalue weighted by Crippen LogP contribution is 2.24. The molecule has 7 nitrogen and oxygen atoms in total. The number of rotatable bonds is 4. The molecule has 0 aliphatic carbocycles. The molecule has 2 aliphatic rings. The first-order valence-electron chi connectivity index (χ1n) is 10.2. The van der Waals surface area contributed by atoms with Crippen LogP contribution in [0.3, 0.4) is 0 Å². The summed E-state index contributed by atoms with van der Waals surface area (Å²) >= 11 is 0. The van der Waals surface area contributed by atoms with Crippen molar-refractivity contribution in [2.24, 2.45) is 5.92 Å². The summed E-state index contributed by atoms with van der Waals surface area (Å²) < 4.78 is 1.98. The van der Waals surface area contributed by atoms with Crippen molar-refractivity contribution in [3.05, 3.63) is 47.3 Å². The van der Waals surface area contributed by atoms with E-state index in [1.165, 1.54) is 0 Å². The molecule has 28 heavy (non-hydrogen) atoms. The average molecular weight is 381 g/mol. The lowest BCUT2D eigenvalue weighted by Gasteiger charge is -2.30. The largest absolute Gasteiger partial charge is 0.347 e. The van der Waals surface area contributed by atoms with Gasteiger partial charge in [-0.1, -0.05) is 13.0 Å². The quantitative estimate of drug-likeness (QED) is 0.882. The van der Waals surface area contributed by atoms with Crippen LogP contribution >= 0.6 is 0 Å². The Morgan fingerprint density at radius 2 is 2.04 bits per heavy atom. The van der Waals surface area contributed by atoms with E-state index in [1.807, 2.05) is 21.6 Å². The van der Waals surface area contributed by atoms with Gasteiger partial charge in [0.2, 0.25) is 0 Å². The van der Waals surface area contributed by atoms with Crippen LogP contribution in [0, 0.1) is 5.92 Å². The molecular weight excluding hydrogens is 354 g/mol. The number of amides is 2. The number of imidazole rings is 1. The summed E-state index contributed by atoms with van der Waals surface area (Å²) in [6.45, 7) is 4.91. The number of nitrogens with zero attached hydrogens (tertiary/aromatic N) is 4. The number of carbonyl (C=O) groups is 2. The van der Waals surface area contributed by atoms with Crippen molar-refractivity contribution in [2.45, 2.75) is 52.1 Å². The number of fused-ring (bicyclic) bond motifs is 1. The highest BCUT2D eigenvalue weighted by Gasteiger charge is 2.30. The Bertz CT molecular complexity index is 853. The van der Waals surface area contributed by atoms with Crippen molar-refractivity contribution >= 4 is 11.8 Å². The number of aromatic nitrogens is 3. The third-order valence-electron chi connectivity index (χ3n) is 5.77.